The molecule has 1 aromatic carbocycles. The normalized spacial score (nSPS) is 18.3. The zero-order valence-electron chi connectivity index (χ0n) is 12.1. The molecule has 0 saturated carbocycles. The van der Waals surface area contributed by atoms with E-state index >= 15 is 0 Å². The molecule has 0 spiro atoms. The van der Waals surface area contributed by atoms with E-state index in [1.54, 1.807) is 9.80 Å². The number of para-hydroxylation sites is 1. The van der Waals surface area contributed by atoms with Crippen molar-refractivity contribution in [2.24, 2.45) is 0 Å². The minimum Gasteiger partial charge on any atom is -0.378 e. The Bertz CT molecular complexity index is 538. The van der Waals surface area contributed by atoms with Gasteiger partial charge in [0.05, 0.1) is 13.2 Å². The molecule has 5 heteroatoms. The second-order valence-electron chi connectivity index (χ2n) is 5.45. The maximum Gasteiger partial charge on any atom is 0.236 e. The van der Waals surface area contributed by atoms with Gasteiger partial charge in [0.25, 0.3) is 0 Å². The number of hydrogen-bond donors (Lipinski definition) is 0. The first-order chi connectivity index (χ1) is 10.3. The highest BCUT2D eigenvalue weighted by Gasteiger charge is 2.26. The number of ether oxygens (including phenoxy) is 1. The molecule has 0 radical (unpaired) electrons. The van der Waals surface area contributed by atoms with Crippen molar-refractivity contribution < 1.29 is 14.3 Å². The largest absolute Gasteiger partial charge is 0.378 e. The Kier molecular flexibility index (Phi) is 4.20. The predicted octanol–water partition coefficient (Wildman–Crippen LogP) is 1.21. The van der Waals surface area contributed by atoms with E-state index in [0.717, 1.165) is 18.5 Å². The van der Waals surface area contributed by atoms with Gasteiger partial charge in [0.1, 0.15) is 6.42 Å². The second-order valence-corrected chi connectivity index (χ2v) is 5.45. The first-order valence-corrected chi connectivity index (χ1v) is 7.49. The lowest BCUT2D eigenvalue weighted by molar-refractivity contribution is -0.138. The Morgan fingerprint density at radius 1 is 1.05 bits per heavy atom. The van der Waals surface area contributed by atoms with Crippen LogP contribution in [0.25, 0.3) is 0 Å². The van der Waals surface area contributed by atoms with Crippen LogP contribution in [0.15, 0.2) is 24.3 Å². The van der Waals surface area contributed by atoms with Gasteiger partial charge < -0.3 is 14.5 Å². The van der Waals surface area contributed by atoms with Gasteiger partial charge in [0.15, 0.2) is 0 Å². The molecular formula is C16H20N2O3. The second kappa shape index (κ2) is 6.26. The number of fused-ring (bicyclic) bond motifs is 1. The number of benzene rings is 1. The fourth-order valence-corrected chi connectivity index (χ4v) is 2.94. The van der Waals surface area contributed by atoms with Crippen molar-refractivity contribution in [3.05, 3.63) is 29.8 Å². The smallest absolute Gasteiger partial charge is 0.236 e. The minimum atomic E-state index is -0.0985. The molecule has 2 heterocycles. The van der Waals surface area contributed by atoms with Gasteiger partial charge in [-0.15, -0.1) is 0 Å². The summed E-state index contributed by atoms with van der Waals surface area (Å²) < 4.78 is 5.23. The van der Waals surface area contributed by atoms with Gasteiger partial charge in [-0.2, -0.15) is 0 Å². The number of hydrogen-bond acceptors (Lipinski definition) is 3. The Balaban J connectivity index is 1.67. The van der Waals surface area contributed by atoms with E-state index in [-0.39, 0.29) is 18.2 Å². The third-order valence-corrected chi connectivity index (χ3v) is 4.08. The van der Waals surface area contributed by atoms with E-state index in [1.807, 2.05) is 18.2 Å². The van der Waals surface area contributed by atoms with Crippen LogP contribution < -0.4 is 4.90 Å². The summed E-state index contributed by atoms with van der Waals surface area (Å²) in [6.45, 7) is 3.00. The molecule has 2 aliphatic rings. The van der Waals surface area contributed by atoms with Gasteiger partial charge in [-0.1, -0.05) is 18.2 Å². The molecule has 0 N–H and O–H groups in total. The standard InChI is InChI=1S/C16H20N2O3/c19-15(17-8-10-21-11-9-17)12-16(20)18-7-3-5-13-4-1-2-6-14(13)18/h1-2,4,6H,3,5,7-12H2. The van der Waals surface area contributed by atoms with Crippen LogP contribution in [-0.2, 0) is 20.7 Å². The van der Waals surface area contributed by atoms with Gasteiger partial charge >= 0.3 is 0 Å². The third kappa shape index (κ3) is 3.08. The summed E-state index contributed by atoms with van der Waals surface area (Å²) in [5.41, 5.74) is 2.15. The van der Waals surface area contributed by atoms with Gasteiger partial charge in [-0.25, -0.2) is 0 Å². The molecule has 5 nitrogen and oxygen atoms in total. The molecule has 0 aliphatic carbocycles. The van der Waals surface area contributed by atoms with Gasteiger partial charge in [-0.3, -0.25) is 9.59 Å². The molecule has 2 aliphatic heterocycles. The highest BCUT2D eigenvalue weighted by molar-refractivity contribution is 6.05. The first-order valence-electron chi connectivity index (χ1n) is 7.49. The van der Waals surface area contributed by atoms with E-state index in [2.05, 4.69) is 6.07 Å². The summed E-state index contributed by atoms with van der Waals surface area (Å²) in [4.78, 5) is 28.1. The Hall–Kier alpha value is -1.88. The zero-order chi connectivity index (χ0) is 14.7. The lowest BCUT2D eigenvalue weighted by atomic mass is 10.0. The number of carbonyl (C=O) groups is 2. The van der Waals surface area contributed by atoms with Crippen LogP contribution in [0.1, 0.15) is 18.4 Å². The molecule has 1 fully saturated rings. The molecule has 2 amide bonds. The minimum absolute atomic E-state index is 0.0473. The molecule has 1 aromatic rings. The Morgan fingerprint density at radius 3 is 2.62 bits per heavy atom. The van der Waals surface area contributed by atoms with Crippen molar-refractivity contribution in [3.63, 3.8) is 0 Å². The average Bonchev–Trinajstić information content (AvgIpc) is 2.55. The maximum atomic E-state index is 12.5. The van der Waals surface area contributed by atoms with Crippen molar-refractivity contribution in [2.75, 3.05) is 37.7 Å². The van der Waals surface area contributed by atoms with Crippen LogP contribution in [0.2, 0.25) is 0 Å². The van der Waals surface area contributed by atoms with Gasteiger partial charge in [0, 0.05) is 25.3 Å². The zero-order valence-corrected chi connectivity index (χ0v) is 12.1. The van der Waals surface area contributed by atoms with Crippen molar-refractivity contribution in [1.29, 1.82) is 0 Å². The number of morpholine rings is 1. The van der Waals surface area contributed by atoms with Crippen LogP contribution in [0.5, 0.6) is 0 Å². The van der Waals surface area contributed by atoms with Crippen molar-refractivity contribution in [1.82, 2.24) is 4.90 Å². The third-order valence-electron chi connectivity index (χ3n) is 4.08. The number of nitrogens with zero attached hydrogens (tertiary/aromatic N) is 2. The summed E-state index contributed by atoms with van der Waals surface area (Å²) in [7, 11) is 0. The fourth-order valence-electron chi connectivity index (χ4n) is 2.94. The highest BCUT2D eigenvalue weighted by Crippen LogP contribution is 2.27. The quantitative estimate of drug-likeness (QED) is 0.769. The van der Waals surface area contributed by atoms with Crippen molar-refractivity contribution in [3.8, 4) is 0 Å². The fraction of sp³-hybridized carbons (Fsp3) is 0.500. The van der Waals surface area contributed by atoms with E-state index < -0.39 is 0 Å². The molecule has 3 rings (SSSR count). The first kappa shape index (κ1) is 14.1. The van der Waals surface area contributed by atoms with E-state index in [1.165, 1.54) is 5.56 Å². The monoisotopic (exact) mass is 288 g/mol. The Morgan fingerprint density at radius 2 is 1.81 bits per heavy atom. The molecule has 1 saturated heterocycles. The number of aryl methyl sites for hydroxylation is 1. The molecule has 0 aromatic heterocycles. The summed E-state index contributed by atoms with van der Waals surface area (Å²) in [5.74, 6) is -0.190. The summed E-state index contributed by atoms with van der Waals surface area (Å²) in [5, 5.41) is 0. The summed E-state index contributed by atoms with van der Waals surface area (Å²) in [6.07, 6.45) is 1.90. The lowest BCUT2D eigenvalue weighted by Gasteiger charge is -2.31. The van der Waals surface area contributed by atoms with Gasteiger partial charge in [0.2, 0.25) is 11.8 Å². The summed E-state index contributed by atoms with van der Waals surface area (Å²) >= 11 is 0. The summed E-state index contributed by atoms with van der Waals surface area (Å²) in [6, 6.07) is 7.95. The maximum absolute atomic E-state index is 12.5. The topological polar surface area (TPSA) is 49.9 Å². The van der Waals surface area contributed by atoms with Crippen molar-refractivity contribution >= 4 is 17.5 Å². The van der Waals surface area contributed by atoms with E-state index in [9.17, 15) is 9.59 Å². The molecule has 112 valence electrons. The number of anilines is 1. The van der Waals surface area contributed by atoms with Crippen LogP contribution in [0.4, 0.5) is 5.69 Å². The number of amides is 2. The van der Waals surface area contributed by atoms with Crippen LogP contribution in [0, 0.1) is 0 Å². The van der Waals surface area contributed by atoms with E-state index in [4.69, 9.17) is 4.74 Å². The number of rotatable bonds is 2. The van der Waals surface area contributed by atoms with Gasteiger partial charge in [-0.05, 0) is 24.5 Å². The molecule has 0 bridgehead atoms. The molecule has 0 atom stereocenters. The number of carbonyl (C=O) groups excluding carboxylic acids is 2. The molecular weight excluding hydrogens is 268 g/mol. The van der Waals surface area contributed by atoms with Crippen molar-refractivity contribution in [2.45, 2.75) is 19.3 Å². The molecule has 21 heavy (non-hydrogen) atoms. The Labute approximate surface area is 124 Å². The predicted molar refractivity (Wildman–Crippen MR) is 79.1 cm³/mol. The van der Waals surface area contributed by atoms with Crippen LogP contribution >= 0.6 is 0 Å². The van der Waals surface area contributed by atoms with Crippen LogP contribution in [0.3, 0.4) is 0 Å². The average molecular weight is 288 g/mol. The molecule has 0 unspecified atom stereocenters. The SMILES string of the molecule is O=C(CC(=O)N1CCCc2ccccc21)N1CCOCC1. The highest BCUT2D eigenvalue weighted by atomic mass is 16.5. The van der Waals surface area contributed by atoms with E-state index in [0.29, 0.717) is 32.8 Å². The lowest BCUT2D eigenvalue weighted by Crippen LogP contribution is -2.44. The van der Waals surface area contributed by atoms with Crippen LogP contribution in [-0.4, -0.2) is 49.6 Å².